The first kappa shape index (κ1) is 20.4. The monoisotopic (exact) mass is 417 g/mol. The van der Waals surface area contributed by atoms with Crippen LogP contribution in [0.15, 0.2) is 71.5 Å². The molecule has 158 valence electrons. The zero-order valence-corrected chi connectivity index (χ0v) is 17.1. The molecule has 31 heavy (non-hydrogen) atoms. The van der Waals surface area contributed by atoms with E-state index in [9.17, 15) is 14.9 Å². The number of carbonyl (C=O) groups excluding carboxylic acids is 1. The molecule has 4 rings (SSSR count). The molecule has 2 aromatic carbocycles. The van der Waals surface area contributed by atoms with E-state index in [-0.39, 0.29) is 24.6 Å². The van der Waals surface area contributed by atoms with Crippen LogP contribution < -0.4 is 5.32 Å². The number of benzene rings is 2. The molecule has 2 N–H and O–H groups in total. The number of fused-ring (bicyclic) bond motifs is 1. The third-order valence-corrected chi connectivity index (χ3v) is 5.53. The number of hydrogen-bond donors (Lipinski definition) is 2. The molecule has 0 aliphatic rings. The van der Waals surface area contributed by atoms with Crippen LogP contribution in [0.2, 0.25) is 0 Å². The summed E-state index contributed by atoms with van der Waals surface area (Å²) in [5.41, 5.74) is 3.55. The predicted molar refractivity (Wildman–Crippen MR) is 118 cm³/mol. The second-order valence-electron chi connectivity index (χ2n) is 7.37. The van der Waals surface area contributed by atoms with Gasteiger partial charge in [0.25, 0.3) is 5.69 Å². The molecule has 7 heteroatoms. The van der Waals surface area contributed by atoms with Crippen LogP contribution in [0, 0.1) is 10.1 Å². The van der Waals surface area contributed by atoms with Crippen molar-refractivity contribution in [3.05, 3.63) is 99.6 Å². The first-order valence-corrected chi connectivity index (χ1v) is 10.2. The molecule has 0 bridgehead atoms. The van der Waals surface area contributed by atoms with E-state index in [2.05, 4.69) is 23.3 Å². The van der Waals surface area contributed by atoms with Gasteiger partial charge in [-0.15, -0.1) is 0 Å². The number of nitro groups is 1. The highest BCUT2D eigenvalue weighted by molar-refractivity contribution is 5.88. The maximum atomic E-state index is 12.8. The van der Waals surface area contributed by atoms with Gasteiger partial charge in [0.2, 0.25) is 5.91 Å². The Balaban J connectivity index is 1.73. The van der Waals surface area contributed by atoms with E-state index in [1.165, 1.54) is 6.07 Å². The molecule has 2 heterocycles. The van der Waals surface area contributed by atoms with Gasteiger partial charge in [0.15, 0.2) is 0 Å². The smallest absolute Gasteiger partial charge is 0.273 e. The molecular weight excluding hydrogens is 394 g/mol. The third-order valence-electron chi connectivity index (χ3n) is 5.53. The van der Waals surface area contributed by atoms with E-state index in [0.29, 0.717) is 11.3 Å². The number of nitrogens with zero attached hydrogens (tertiary/aromatic N) is 1. The molecule has 0 aliphatic heterocycles. The van der Waals surface area contributed by atoms with Crippen molar-refractivity contribution < 1.29 is 14.1 Å². The van der Waals surface area contributed by atoms with Gasteiger partial charge >= 0.3 is 0 Å². The Kier molecular flexibility index (Phi) is 5.84. The molecule has 2 aromatic heterocycles. The van der Waals surface area contributed by atoms with Gasteiger partial charge in [-0.3, -0.25) is 14.9 Å². The lowest BCUT2D eigenvalue weighted by atomic mass is 9.86. The van der Waals surface area contributed by atoms with Crippen LogP contribution in [0.4, 0.5) is 5.69 Å². The van der Waals surface area contributed by atoms with Crippen LogP contribution in [-0.2, 0) is 17.8 Å². The molecule has 0 saturated heterocycles. The van der Waals surface area contributed by atoms with E-state index in [0.717, 1.165) is 28.5 Å². The van der Waals surface area contributed by atoms with Gasteiger partial charge in [0, 0.05) is 41.1 Å². The molecule has 0 radical (unpaired) electrons. The van der Waals surface area contributed by atoms with Crippen molar-refractivity contribution in [1.29, 1.82) is 0 Å². The van der Waals surface area contributed by atoms with Crippen LogP contribution in [0.25, 0.3) is 10.9 Å². The van der Waals surface area contributed by atoms with Crippen LogP contribution in [0.5, 0.6) is 0 Å². The minimum Gasteiger partial charge on any atom is -0.467 e. The number of furan rings is 1. The molecule has 0 fully saturated rings. The minimum atomic E-state index is -0.473. The number of rotatable bonds is 8. The van der Waals surface area contributed by atoms with Crippen molar-refractivity contribution in [2.75, 3.05) is 0 Å². The number of nitrogens with one attached hydrogen (secondary N) is 2. The number of amides is 1. The number of H-pyrrole nitrogens is 1. The lowest BCUT2D eigenvalue weighted by molar-refractivity contribution is -0.385. The van der Waals surface area contributed by atoms with Crippen molar-refractivity contribution in [3.63, 3.8) is 0 Å². The zero-order chi connectivity index (χ0) is 21.8. The summed E-state index contributed by atoms with van der Waals surface area (Å²) in [5.74, 6) is -0.0325. The molecule has 0 spiro atoms. The summed E-state index contributed by atoms with van der Waals surface area (Å²) in [6.45, 7) is 2.35. The molecule has 7 nitrogen and oxygen atoms in total. The summed E-state index contributed by atoms with van der Waals surface area (Å²) in [6.07, 6.45) is 4.35. The predicted octanol–water partition coefficient (Wildman–Crippen LogP) is 5.07. The number of carbonyl (C=O) groups is 1. The molecule has 1 amide bonds. The minimum absolute atomic E-state index is 0.00679. The second-order valence-corrected chi connectivity index (χ2v) is 7.37. The van der Waals surface area contributed by atoms with Gasteiger partial charge in [0.05, 0.1) is 17.7 Å². The highest BCUT2D eigenvalue weighted by Gasteiger charge is 2.28. The van der Waals surface area contributed by atoms with E-state index < -0.39 is 10.8 Å². The number of hydrogen-bond acceptors (Lipinski definition) is 4. The standard InChI is InChI=1S/C24H23N3O4/c1-2-16-7-5-10-19-21(15-26-24(16)19)20(18-9-3-4-11-22(18)27(29)30)13-23(28)25-14-17-8-6-12-31-17/h3-12,15,20,26H,2,13-14H2,1H3,(H,25,28). The zero-order valence-electron chi connectivity index (χ0n) is 17.1. The summed E-state index contributed by atoms with van der Waals surface area (Å²) in [6, 6.07) is 16.2. The van der Waals surface area contributed by atoms with Gasteiger partial charge in [0.1, 0.15) is 5.76 Å². The van der Waals surface area contributed by atoms with Crippen molar-refractivity contribution in [2.24, 2.45) is 0 Å². The summed E-state index contributed by atoms with van der Waals surface area (Å²) in [4.78, 5) is 27.5. The van der Waals surface area contributed by atoms with Gasteiger partial charge in [-0.05, 0) is 29.7 Å². The normalized spacial score (nSPS) is 12.0. The largest absolute Gasteiger partial charge is 0.467 e. The Morgan fingerprint density at radius 3 is 2.71 bits per heavy atom. The maximum absolute atomic E-state index is 12.8. The summed E-state index contributed by atoms with van der Waals surface area (Å²) < 4.78 is 5.27. The fraction of sp³-hybridized carbons (Fsp3) is 0.208. The average Bonchev–Trinajstić information content (AvgIpc) is 3.46. The summed E-state index contributed by atoms with van der Waals surface area (Å²) in [5, 5.41) is 15.5. The van der Waals surface area contributed by atoms with Crippen LogP contribution in [0.3, 0.4) is 0 Å². The average molecular weight is 417 g/mol. The van der Waals surface area contributed by atoms with Crippen molar-refractivity contribution in [2.45, 2.75) is 32.2 Å². The van der Waals surface area contributed by atoms with Gasteiger partial charge < -0.3 is 14.7 Å². The van der Waals surface area contributed by atoms with E-state index >= 15 is 0 Å². The third kappa shape index (κ3) is 4.21. The Labute approximate surface area is 179 Å². The summed E-state index contributed by atoms with van der Waals surface area (Å²) in [7, 11) is 0. The number of para-hydroxylation sites is 2. The number of aromatic nitrogens is 1. The van der Waals surface area contributed by atoms with E-state index in [1.54, 1.807) is 36.6 Å². The molecule has 0 aliphatic carbocycles. The fourth-order valence-electron chi connectivity index (χ4n) is 4.01. The lowest BCUT2D eigenvalue weighted by Crippen LogP contribution is -2.25. The Morgan fingerprint density at radius 2 is 1.97 bits per heavy atom. The number of aromatic amines is 1. The van der Waals surface area contributed by atoms with Crippen LogP contribution in [0.1, 0.15) is 41.7 Å². The van der Waals surface area contributed by atoms with Crippen LogP contribution >= 0.6 is 0 Å². The molecule has 1 unspecified atom stereocenters. The molecular formula is C24H23N3O4. The topological polar surface area (TPSA) is 101 Å². The highest BCUT2D eigenvalue weighted by atomic mass is 16.6. The highest BCUT2D eigenvalue weighted by Crippen LogP contribution is 2.38. The van der Waals surface area contributed by atoms with Crippen molar-refractivity contribution in [3.8, 4) is 0 Å². The number of nitro benzene ring substituents is 1. The Bertz CT molecular complexity index is 1210. The first-order chi connectivity index (χ1) is 15.1. The molecule has 1 atom stereocenters. The molecule has 4 aromatic rings. The first-order valence-electron chi connectivity index (χ1n) is 10.2. The van der Waals surface area contributed by atoms with E-state index in [1.807, 2.05) is 18.3 Å². The Morgan fingerprint density at radius 1 is 1.13 bits per heavy atom. The van der Waals surface area contributed by atoms with Crippen molar-refractivity contribution >= 4 is 22.5 Å². The van der Waals surface area contributed by atoms with Crippen molar-refractivity contribution in [1.82, 2.24) is 10.3 Å². The van der Waals surface area contributed by atoms with E-state index in [4.69, 9.17) is 4.42 Å². The number of aryl methyl sites for hydroxylation is 1. The summed E-state index contributed by atoms with van der Waals surface area (Å²) >= 11 is 0. The van der Waals surface area contributed by atoms with Gasteiger partial charge in [-0.2, -0.15) is 0 Å². The lowest BCUT2D eigenvalue weighted by Gasteiger charge is -2.17. The second kappa shape index (κ2) is 8.87. The SMILES string of the molecule is CCc1cccc2c(C(CC(=O)NCc3ccco3)c3ccccc3[N+](=O)[O-])c[nH]c12. The van der Waals surface area contributed by atoms with Crippen LogP contribution in [-0.4, -0.2) is 15.8 Å². The quantitative estimate of drug-likeness (QED) is 0.309. The maximum Gasteiger partial charge on any atom is 0.273 e. The van der Waals surface area contributed by atoms with Gasteiger partial charge in [-0.1, -0.05) is 43.3 Å². The molecule has 0 saturated carbocycles. The van der Waals surface area contributed by atoms with Gasteiger partial charge in [-0.25, -0.2) is 0 Å². The fourth-order valence-corrected chi connectivity index (χ4v) is 4.01. The Hall–Kier alpha value is -3.87.